The van der Waals surface area contributed by atoms with E-state index in [-0.39, 0.29) is 0 Å². The van der Waals surface area contributed by atoms with Crippen LogP contribution in [0.4, 0.5) is 0 Å². The molecule has 1 saturated heterocycles. The summed E-state index contributed by atoms with van der Waals surface area (Å²) in [5.41, 5.74) is 3.02. The quantitative estimate of drug-likeness (QED) is 0.839. The molecule has 1 aliphatic heterocycles. The van der Waals surface area contributed by atoms with Gasteiger partial charge in [0.05, 0.1) is 6.10 Å². The third-order valence-electron chi connectivity index (χ3n) is 3.75. The minimum absolute atomic E-state index is 0.452. The van der Waals surface area contributed by atoms with Crippen molar-refractivity contribution in [3.05, 3.63) is 35.4 Å². The number of nitrogens with one attached hydrogen (secondary N) is 1. The van der Waals surface area contributed by atoms with Crippen LogP contribution in [0.2, 0.25) is 0 Å². The molecule has 0 bridgehead atoms. The molecule has 2 heteroatoms. The Morgan fingerprint density at radius 3 is 3.06 bits per heavy atom. The normalized spacial score (nSPS) is 28.2. The smallest absolute Gasteiger partial charge is 0.0700 e. The highest BCUT2D eigenvalue weighted by atomic mass is 16.5. The summed E-state index contributed by atoms with van der Waals surface area (Å²) < 4.78 is 5.64. The van der Waals surface area contributed by atoms with Gasteiger partial charge >= 0.3 is 0 Å². The molecule has 2 aliphatic rings. The SMILES string of the molecule is c1ccc2c(c1)CCC2NCC1CCCO1. The van der Waals surface area contributed by atoms with E-state index in [1.165, 1.54) is 36.8 Å². The zero-order valence-electron chi connectivity index (χ0n) is 9.61. The van der Waals surface area contributed by atoms with Gasteiger partial charge in [-0.3, -0.25) is 0 Å². The van der Waals surface area contributed by atoms with Gasteiger partial charge in [0.2, 0.25) is 0 Å². The van der Waals surface area contributed by atoms with Crippen LogP contribution in [0.3, 0.4) is 0 Å². The van der Waals surface area contributed by atoms with Crippen LogP contribution in [0.1, 0.15) is 36.4 Å². The molecule has 1 aromatic carbocycles. The lowest BCUT2D eigenvalue weighted by Crippen LogP contribution is -2.28. The van der Waals surface area contributed by atoms with Crippen molar-refractivity contribution in [2.75, 3.05) is 13.2 Å². The second-order valence-corrected chi connectivity index (χ2v) is 4.83. The van der Waals surface area contributed by atoms with Crippen molar-refractivity contribution in [1.82, 2.24) is 5.32 Å². The summed E-state index contributed by atoms with van der Waals surface area (Å²) in [6.07, 6.45) is 5.37. The van der Waals surface area contributed by atoms with Gasteiger partial charge in [-0.15, -0.1) is 0 Å². The number of fused-ring (bicyclic) bond motifs is 1. The van der Waals surface area contributed by atoms with Crippen LogP contribution >= 0.6 is 0 Å². The van der Waals surface area contributed by atoms with Gasteiger partial charge in [-0.25, -0.2) is 0 Å². The van der Waals surface area contributed by atoms with Gasteiger partial charge in [0, 0.05) is 19.2 Å². The van der Waals surface area contributed by atoms with Crippen LogP contribution in [0.25, 0.3) is 0 Å². The Labute approximate surface area is 97.0 Å². The molecular formula is C14H19NO. The summed E-state index contributed by atoms with van der Waals surface area (Å²) in [7, 11) is 0. The maximum atomic E-state index is 5.64. The third kappa shape index (κ3) is 2.00. The Bertz CT molecular complexity index is 358. The van der Waals surface area contributed by atoms with Crippen LogP contribution in [0.15, 0.2) is 24.3 Å². The van der Waals surface area contributed by atoms with Gasteiger partial charge in [-0.05, 0) is 36.8 Å². The molecule has 2 nitrogen and oxygen atoms in total. The summed E-state index contributed by atoms with van der Waals surface area (Å²) in [6.45, 7) is 1.96. The van der Waals surface area contributed by atoms with Gasteiger partial charge in [-0.2, -0.15) is 0 Å². The number of aryl methyl sites for hydroxylation is 1. The fraction of sp³-hybridized carbons (Fsp3) is 0.571. The molecule has 1 fully saturated rings. The molecule has 1 aliphatic carbocycles. The van der Waals surface area contributed by atoms with E-state index in [0.717, 1.165) is 13.2 Å². The Balaban J connectivity index is 1.60. The lowest BCUT2D eigenvalue weighted by atomic mass is 10.1. The minimum atomic E-state index is 0.452. The van der Waals surface area contributed by atoms with Crippen molar-refractivity contribution >= 4 is 0 Å². The Morgan fingerprint density at radius 1 is 1.25 bits per heavy atom. The fourth-order valence-corrected chi connectivity index (χ4v) is 2.85. The Morgan fingerprint density at radius 2 is 2.19 bits per heavy atom. The Kier molecular flexibility index (Phi) is 2.94. The average Bonchev–Trinajstić information content (AvgIpc) is 2.96. The topological polar surface area (TPSA) is 21.3 Å². The standard InChI is InChI=1S/C14H19NO/c1-2-6-13-11(4-1)7-8-14(13)15-10-12-5-3-9-16-12/h1-2,4,6,12,14-15H,3,5,7-10H2. The number of benzene rings is 1. The fourth-order valence-electron chi connectivity index (χ4n) is 2.85. The highest BCUT2D eigenvalue weighted by Gasteiger charge is 2.23. The third-order valence-corrected chi connectivity index (χ3v) is 3.75. The number of rotatable bonds is 3. The molecule has 0 saturated carbocycles. The van der Waals surface area contributed by atoms with Crippen LogP contribution < -0.4 is 5.32 Å². The molecule has 86 valence electrons. The van der Waals surface area contributed by atoms with Gasteiger partial charge < -0.3 is 10.1 Å². The molecule has 0 spiro atoms. The number of hydrogen-bond acceptors (Lipinski definition) is 2. The monoisotopic (exact) mass is 217 g/mol. The van der Waals surface area contributed by atoms with E-state index in [1.807, 2.05) is 0 Å². The van der Waals surface area contributed by atoms with E-state index in [4.69, 9.17) is 4.74 Å². The van der Waals surface area contributed by atoms with E-state index in [1.54, 1.807) is 0 Å². The first-order valence-electron chi connectivity index (χ1n) is 6.36. The van der Waals surface area contributed by atoms with Crippen LogP contribution in [0.5, 0.6) is 0 Å². The van der Waals surface area contributed by atoms with Crippen LogP contribution in [-0.2, 0) is 11.2 Å². The van der Waals surface area contributed by atoms with Crippen molar-refractivity contribution in [2.45, 2.75) is 37.8 Å². The molecule has 2 atom stereocenters. The average molecular weight is 217 g/mol. The number of ether oxygens (including phenoxy) is 1. The molecule has 1 N–H and O–H groups in total. The maximum Gasteiger partial charge on any atom is 0.0700 e. The molecule has 16 heavy (non-hydrogen) atoms. The molecule has 0 radical (unpaired) electrons. The van der Waals surface area contributed by atoms with Gasteiger partial charge in [0.25, 0.3) is 0 Å². The summed E-state index contributed by atoms with van der Waals surface area (Å²) in [6, 6.07) is 9.35. The van der Waals surface area contributed by atoms with Crippen LogP contribution in [-0.4, -0.2) is 19.3 Å². The molecule has 0 amide bonds. The zero-order chi connectivity index (χ0) is 10.8. The molecule has 3 rings (SSSR count). The first-order chi connectivity index (χ1) is 7.93. The van der Waals surface area contributed by atoms with Crippen molar-refractivity contribution in [1.29, 1.82) is 0 Å². The van der Waals surface area contributed by atoms with Gasteiger partial charge in [-0.1, -0.05) is 24.3 Å². The summed E-state index contributed by atoms with van der Waals surface area (Å²) in [5.74, 6) is 0. The van der Waals surface area contributed by atoms with Crippen molar-refractivity contribution in [3.63, 3.8) is 0 Å². The summed E-state index contributed by atoms with van der Waals surface area (Å²) in [5, 5.41) is 3.65. The van der Waals surface area contributed by atoms with E-state index in [2.05, 4.69) is 29.6 Å². The second-order valence-electron chi connectivity index (χ2n) is 4.83. The Hall–Kier alpha value is -0.860. The molecule has 1 aromatic rings. The predicted octanol–water partition coefficient (Wildman–Crippen LogP) is 2.44. The summed E-state index contributed by atoms with van der Waals surface area (Å²) in [4.78, 5) is 0. The second kappa shape index (κ2) is 4.56. The maximum absolute atomic E-state index is 5.64. The minimum Gasteiger partial charge on any atom is -0.377 e. The lowest BCUT2D eigenvalue weighted by Gasteiger charge is -2.17. The molecular weight excluding hydrogens is 198 g/mol. The van der Waals surface area contributed by atoms with Crippen molar-refractivity contribution in [2.24, 2.45) is 0 Å². The highest BCUT2D eigenvalue weighted by molar-refractivity contribution is 5.34. The van der Waals surface area contributed by atoms with Gasteiger partial charge in [0.15, 0.2) is 0 Å². The first-order valence-corrected chi connectivity index (χ1v) is 6.36. The first kappa shape index (κ1) is 10.3. The van der Waals surface area contributed by atoms with Crippen molar-refractivity contribution in [3.8, 4) is 0 Å². The lowest BCUT2D eigenvalue weighted by molar-refractivity contribution is 0.107. The van der Waals surface area contributed by atoms with E-state index < -0.39 is 0 Å². The predicted molar refractivity (Wildman–Crippen MR) is 64.5 cm³/mol. The van der Waals surface area contributed by atoms with Crippen molar-refractivity contribution < 1.29 is 4.74 Å². The summed E-state index contributed by atoms with van der Waals surface area (Å²) >= 11 is 0. The van der Waals surface area contributed by atoms with E-state index in [0.29, 0.717) is 12.1 Å². The zero-order valence-corrected chi connectivity index (χ0v) is 9.61. The highest BCUT2D eigenvalue weighted by Crippen LogP contribution is 2.30. The molecule has 0 aromatic heterocycles. The molecule has 2 unspecified atom stereocenters. The number of hydrogen-bond donors (Lipinski definition) is 1. The molecule has 1 heterocycles. The van der Waals surface area contributed by atoms with Crippen LogP contribution in [0, 0.1) is 0 Å². The largest absolute Gasteiger partial charge is 0.377 e. The van der Waals surface area contributed by atoms with E-state index in [9.17, 15) is 0 Å². The van der Waals surface area contributed by atoms with Gasteiger partial charge in [0.1, 0.15) is 0 Å². The van der Waals surface area contributed by atoms with E-state index >= 15 is 0 Å².